The molecule has 66 valence electrons. The lowest BCUT2D eigenvalue weighted by molar-refractivity contribution is -0.134. The number of hydrogen-bond donors (Lipinski definition) is 3. The predicted molar refractivity (Wildman–Crippen MR) is 46.1 cm³/mol. The SMILES string of the molecule is N[C@@H](CS)C(=O)OS(=O)(O)=S. The van der Waals surface area contributed by atoms with E-state index in [0.29, 0.717) is 0 Å². The summed E-state index contributed by atoms with van der Waals surface area (Å²) in [5, 5.41) is 0. The van der Waals surface area contributed by atoms with Crippen molar-refractivity contribution in [1.82, 2.24) is 0 Å². The Morgan fingerprint density at radius 3 is 2.64 bits per heavy atom. The van der Waals surface area contributed by atoms with Gasteiger partial charge in [-0.05, 0) is 0 Å². The number of carbonyl (C=O) groups excluding carboxylic acids is 1. The molecule has 0 saturated heterocycles. The summed E-state index contributed by atoms with van der Waals surface area (Å²) in [7, 11) is -3.91. The van der Waals surface area contributed by atoms with Gasteiger partial charge in [-0.1, -0.05) is 0 Å². The van der Waals surface area contributed by atoms with Crippen LogP contribution in [0.1, 0.15) is 0 Å². The first kappa shape index (κ1) is 11.1. The van der Waals surface area contributed by atoms with Gasteiger partial charge >= 0.3 is 15.0 Å². The average molecular weight is 217 g/mol. The zero-order valence-electron chi connectivity index (χ0n) is 5.30. The van der Waals surface area contributed by atoms with Crippen LogP contribution < -0.4 is 5.73 Å². The molecule has 0 aliphatic heterocycles. The smallest absolute Gasteiger partial charge is 0.339 e. The number of nitrogens with two attached hydrogens (primary N) is 1. The Balaban J connectivity index is 4.10. The summed E-state index contributed by atoms with van der Waals surface area (Å²) in [6.45, 7) is 0. The molecule has 0 aliphatic carbocycles. The Kier molecular flexibility index (Phi) is 4.26. The molecule has 0 rings (SSSR count). The van der Waals surface area contributed by atoms with Crippen LogP contribution in [0.3, 0.4) is 0 Å². The summed E-state index contributed by atoms with van der Waals surface area (Å²) >= 11 is 7.56. The van der Waals surface area contributed by atoms with Gasteiger partial charge in [-0.2, -0.15) is 16.8 Å². The average Bonchev–Trinajstić information content (AvgIpc) is 1.82. The van der Waals surface area contributed by atoms with Gasteiger partial charge in [0.25, 0.3) is 0 Å². The van der Waals surface area contributed by atoms with Crippen molar-refractivity contribution < 1.29 is 17.7 Å². The van der Waals surface area contributed by atoms with Gasteiger partial charge in [-0.15, -0.1) is 0 Å². The van der Waals surface area contributed by atoms with Crippen molar-refractivity contribution in [3.8, 4) is 0 Å². The van der Waals surface area contributed by atoms with Crippen LogP contribution in [0.5, 0.6) is 0 Å². The second-order valence-corrected chi connectivity index (χ2v) is 4.27. The van der Waals surface area contributed by atoms with Gasteiger partial charge in [0, 0.05) is 5.75 Å². The van der Waals surface area contributed by atoms with Crippen molar-refractivity contribution >= 4 is 38.8 Å². The number of thiol groups is 1. The fourth-order valence-corrected chi connectivity index (χ4v) is 0.922. The third kappa shape index (κ3) is 5.39. The molecule has 8 heteroatoms. The summed E-state index contributed by atoms with van der Waals surface area (Å²) in [5.41, 5.74) is 5.09. The summed E-state index contributed by atoms with van der Waals surface area (Å²) in [6.07, 6.45) is 0. The molecule has 5 nitrogen and oxygen atoms in total. The highest BCUT2D eigenvalue weighted by atomic mass is 32.9. The van der Waals surface area contributed by atoms with Gasteiger partial charge in [0.05, 0.1) is 11.2 Å². The fraction of sp³-hybridized carbons (Fsp3) is 0.667. The summed E-state index contributed by atoms with van der Waals surface area (Å²) in [5.74, 6) is -0.994. The minimum Gasteiger partial charge on any atom is -0.343 e. The molecule has 0 fully saturated rings. The van der Waals surface area contributed by atoms with E-state index in [4.69, 9.17) is 10.3 Å². The molecule has 0 heterocycles. The first-order chi connectivity index (χ1) is 4.87. The number of hydrogen-bond acceptors (Lipinski definition) is 6. The first-order valence-corrected chi connectivity index (χ1v) is 5.43. The van der Waals surface area contributed by atoms with Gasteiger partial charge in [0.1, 0.15) is 6.04 Å². The lowest BCUT2D eigenvalue weighted by Crippen LogP contribution is -2.34. The fourth-order valence-electron chi connectivity index (χ4n) is 0.240. The topological polar surface area (TPSA) is 89.6 Å². The van der Waals surface area contributed by atoms with E-state index < -0.39 is 21.1 Å². The van der Waals surface area contributed by atoms with Crippen molar-refractivity contribution in [1.29, 1.82) is 0 Å². The maximum absolute atomic E-state index is 10.6. The zero-order valence-corrected chi connectivity index (χ0v) is 7.82. The summed E-state index contributed by atoms with van der Waals surface area (Å²) < 4.78 is 22.5. The minimum absolute atomic E-state index is 0.0314. The van der Waals surface area contributed by atoms with E-state index in [1.165, 1.54) is 0 Å². The van der Waals surface area contributed by atoms with Crippen molar-refractivity contribution in [2.75, 3.05) is 5.75 Å². The maximum atomic E-state index is 10.6. The molecular weight excluding hydrogens is 210 g/mol. The highest BCUT2D eigenvalue weighted by Crippen LogP contribution is 1.93. The molecule has 0 aromatic carbocycles. The highest BCUT2D eigenvalue weighted by molar-refractivity contribution is 8.27. The zero-order chi connectivity index (χ0) is 9.07. The third-order valence-corrected chi connectivity index (χ3v) is 1.66. The molecule has 0 aromatic rings. The van der Waals surface area contributed by atoms with E-state index in [1.807, 2.05) is 0 Å². The Morgan fingerprint density at radius 2 is 2.36 bits per heavy atom. The van der Waals surface area contributed by atoms with Crippen LogP contribution in [0.4, 0.5) is 0 Å². The van der Waals surface area contributed by atoms with E-state index in [9.17, 15) is 9.00 Å². The van der Waals surface area contributed by atoms with Gasteiger partial charge in [0.2, 0.25) is 0 Å². The minimum atomic E-state index is -3.91. The molecule has 0 aromatic heterocycles. The molecule has 0 aliphatic rings. The predicted octanol–water partition coefficient (Wildman–Crippen LogP) is -1.08. The molecule has 0 spiro atoms. The second kappa shape index (κ2) is 4.21. The largest absolute Gasteiger partial charge is 0.343 e. The molecule has 11 heavy (non-hydrogen) atoms. The van der Waals surface area contributed by atoms with Gasteiger partial charge in [0.15, 0.2) is 0 Å². The van der Waals surface area contributed by atoms with E-state index >= 15 is 0 Å². The van der Waals surface area contributed by atoms with Crippen LogP contribution in [0.15, 0.2) is 0 Å². The standard InChI is InChI=1S/C3H7NO4S3/c4-2(1-9)3(5)8-11(6,7)10/h2,9H,1,4H2,(H,6,7,10)/t2-/m0/s1. The second-order valence-electron chi connectivity index (χ2n) is 1.62. The third-order valence-electron chi connectivity index (χ3n) is 0.687. The van der Waals surface area contributed by atoms with Crippen molar-refractivity contribution in [3.05, 3.63) is 0 Å². The van der Waals surface area contributed by atoms with E-state index in [2.05, 4.69) is 28.0 Å². The Labute approximate surface area is 74.4 Å². The van der Waals surface area contributed by atoms with E-state index in [-0.39, 0.29) is 5.75 Å². The van der Waals surface area contributed by atoms with Crippen molar-refractivity contribution in [3.63, 3.8) is 0 Å². The Morgan fingerprint density at radius 1 is 1.91 bits per heavy atom. The van der Waals surface area contributed by atoms with Crippen LogP contribution in [-0.2, 0) is 29.2 Å². The Hall–Kier alpha value is 0.110. The highest BCUT2D eigenvalue weighted by Gasteiger charge is 2.17. The van der Waals surface area contributed by atoms with E-state index in [0.717, 1.165) is 0 Å². The molecule has 0 saturated carbocycles. The van der Waals surface area contributed by atoms with E-state index in [1.54, 1.807) is 0 Å². The van der Waals surface area contributed by atoms with Crippen LogP contribution >= 0.6 is 12.6 Å². The normalized spacial score (nSPS) is 18.5. The molecule has 1 unspecified atom stereocenters. The molecule has 3 N–H and O–H groups in total. The first-order valence-electron chi connectivity index (χ1n) is 2.44. The molecule has 0 amide bonds. The lowest BCUT2D eigenvalue weighted by Gasteiger charge is -2.05. The summed E-state index contributed by atoms with van der Waals surface area (Å²) in [4.78, 5) is 10.6. The number of carbonyl (C=O) groups is 1. The van der Waals surface area contributed by atoms with Gasteiger partial charge < -0.3 is 9.92 Å². The monoisotopic (exact) mass is 217 g/mol. The van der Waals surface area contributed by atoms with Crippen LogP contribution in [0.2, 0.25) is 0 Å². The van der Waals surface area contributed by atoms with Crippen LogP contribution in [0.25, 0.3) is 0 Å². The van der Waals surface area contributed by atoms with Crippen molar-refractivity contribution in [2.24, 2.45) is 5.73 Å². The van der Waals surface area contributed by atoms with Gasteiger partial charge in [-0.3, -0.25) is 4.55 Å². The molecule has 2 atom stereocenters. The molecule has 0 bridgehead atoms. The maximum Gasteiger partial charge on any atom is 0.339 e. The quantitative estimate of drug-likeness (QED) is 0.521. The Bertz CT molecular complexity index is 235. The summed E-state index contributed by atoms with van der Waals surface area (Å²) in [6, 6.07) is -1.02. The molecule has 0 radical (unpaired) electrons. The van der Waals surface area contributed by atoms with Crippen molar-refractivity contribution in [2.45, 2.75) is 6.04 Å². The van der Waals surface area contributed by atoms with Crippen LogP contribution in [0, 0.1) is 0 Å². The van der Waals surface area contributed by atoms with Crippen LogP contribution in [-0.4, -0.2) is 26.5 Å². The lowest BCUT2D eigenvalue weighted by atomic mass is 10.4. The van der Waals surface area contributed by atoms with Gasteiger partial charge in [-0.25, -0.2) is 4.79 Å². The number of rotatable bonds is 3. The molecular formula is C3H7NO4S3.